The molecule has 0 radical (unpaired) electrons. The summed E-state index contributed by atoms with van der Waals surface area (Å²) in [6, 6.07) is 4.04. The Labute approximate surface area is 134 Å². The average molecular weight is 347 g/mol. The van der Waals surface area contributed by atoms with Crippen LogP contribution in [0.25, 0.3) is 0 Å². The van der Waals surface area contributed by atoms with E-state index in [4.69, 9.17) is 11.6 Å². The first-order valence-corrected chi connectivity index (χ1v) is 8.01. The summed E-state index contributed by atoms with van der Waals surface area (Å²) >= 11 is 8.34. The van der Waals surface area contributed by atoms with Crippen LogP contribution < -0.4 is 10.6 Å². The van der Waals surface area contributed by atoms with Crippen LogP contribution in [0.15, 0.2) is 22.5 Å². The summed E-state index contributed by atoms with van der Waals surface area (Å²) in [5.74, 6) is -0.741. The Morgan fingerprint density at radius 3 is 2.86 bits per heavy atom. The van der Waals surface area contributed by atoms with E-state index in [0.29, 0.717) is 15.2 Å². The van der Waals surface area contributed by atoms with Gasteiger partial charge in [-0.3, -0.25) is 4.79 Å². The second-order valence-corrected chi connectivity index (χ2v) is 6.97. The number of aromatic nitrogens is 2. The lowest BCUT2D eigenvalue weighted by atomic mass is 10.3. The highest BCUT2D eigenvalue weighted by Gasteiger charge is 2.17. The smallest absolute Gasteiger partial charge is 0.237 e. The number of halogens is 2. The van der Waals surface area contributed by atoms with Crippen molar-refractivity contribution >= 4 is 51.4 Å². The summed E-state index contributed by atoms with van der Waals surface area (Å²) in [5.41, 5.74) is 0.451. The van der Waals surface area contributed by atoms with E-state index < -0.39 is 5.82 Å². The third kappa shape index (κ3) is 4.29. The minimum absolute atomic E-state index is 0.0316. The summed E-state index contributed by atoms with van der Waals surface area (Å²) < 4.78 is 13.7. The lowest BCUT2D eigenvalue weighted by molar-refractivity contribution is -0.115. The zero-order valence-corrected chi connectivity index (χ0v) is 13.6. The fourth-order valence-corrected chi connectivity index (χ4v) is 3.41. The quantitative estimate of drug-likeness (QED) is 0.811. The highest BCUT2D eigenvalue weighted by molar-refractivity contribution is 8.02. The fourth-order valence-electron chi connectivity index (χ4n) is 1.38. The number of thioether (sulfide) groups is 1. The lowest BCUT2D eigenvalue weighted by Crippen LogP contribution is -2.22. The largest absolute Gasteiger partial charge is 0.363 e. The molecule has 0 bridgehead atoms. The van der Waals surface area contributed by atoms with Crippen molar-refractivity contribution in [2.75, 3.05) is 17.7 Å². The molecular weight excluding hydrogens is 335 g/mol. The van der Waals surface area contributed by atoms with E-state index in [1.807, 2.05) is 0 Å². The first-order chi connectivity index (χ1) is 9.99. The predicted octanol–water partition coefficient (Wildman–Crippen LogP) is 3.49. The van der Waals surface area contributed by atoms with Crippen molar-refractivity contribution in [1.29, 1.82) is 0 Å². The number of hydrogen-bond acceptors (Lipinski definition) is 6. The topological polar surface area (TPSA) is 66.9 Å². The van der Waals surface area contributed by atoms with Gasteiger partial charge < -0.3 is 10.6 Å². The Bertz CT molecular complexity index is 652. The number of carbonyl (C=O) groups excluding carboxylic acids is 1. The van der Waals surface area contributed by atoms with Crippen LogP contribution in [0, 0.1) is 5.82 Å². The summed E-state index contributed by atoms with van der Waals surface area (Å²) in [6.45, 7) is 1.76. The third-order valence-electron chi connectivity index (χ3n) is 2.45. The van der Waals surface area contributed by atoms with Crippen LogP contribution in [0.5, 0.6) is 0 Å². The molecule has 0 saturated heterocycles. The van der Waals surface area contributed by atoms with E-state index in [9.17, 15) is 9.18 Å². The second kappa shape index (κ2) is 7.06. The molecule has 1 amide bonds. The van der Waals surface area contributed by atoms with E-state index in [1.165, 1.54) is 41.3 Å². The molecule has 0 fully saturated rings. The number of hydrogen-bond donors (Lipinski definition) is 2. The van der Waals surface area contributed by atoms with Gasteiger partial charge in [0.1, 0.15) is 5.82 Å². The Hall–Kier alpha value is -1.38. The highest BCUT2D eigenvalue weighted by Crippen LogP contribution is 2.29. The van der Waals surface area contributed by atoms with Crippen molar-refractivity contribution < 1.29 is 9.18 Å². The molecule has 2 N–H and O–H groups in total. The summed E-state index contributed by atoms with van der Waals surface area (Å²) in [7, 11) is 1.75. The van der Waals surface area contributed by atoms with Gasteiger partial charge in [-0.05, 0) is 25.1 Å². The number of carbonyl (C=O) groups is 1. The molecule has 1 aromatic carbocycles. The number of anilines is 2. The fraction of sp³-hybridized carbons (Fsp3) is 0.250. The minimum Gasteiger partial charge on any atom is -0.363 e. The summed E-state index contributed by atoms with van der Waals surface area (Å²) in [6.07, 6.45) is 0. The molecule has 112 valence electrons. The molecular formula is C12H12ClFN4OS2. The molecule has 1 atom stereocenters. The average Bonchev–Trinajstić information content (AvgIpc) is 2.90. The van der Waals surface area contributed by atoms with E-state index in [1.54, 1.807) is 14.0 Å². The van der Waals surface area contributed by atoms with Gasteiger partial charge in [-0.15, -0.1) is 10.2 Å². The van der Waals surface area contributed by atoms with Gasteiger partial charge in [0.05, 0.1) is 10.3 Å². The Kier molecular flexibility index (Phi) is 5.38. The molecule has 21 heavy (non-hydrogen) atoms. The van der Waals surface area contributed by atoms with Crippen LogP contribution >= 0.6 is 34.7 Å². The van der Waals surface area contributed by atoms with Crippen molar-refractivity contribution in [2.45, 2.75) is 16.5 Å². The van der Waals surface area contributed by atoms with Crippen molar-refractivity contribution in [2.24, 2.45) is 0 Å². The van der Waals surface area contributed by atoms with Gasteiger partial charge in [0, 0.05) is 12.7 Å². The van der Waals surface area contributed by atoms with Gasteiger partial charge in [0.2, 0.25) is 11.0 Å². The number of nitrogens with zero attached hydrogens (tertiary/aromatic N) is 2. The molecule has 0 aliphatic rings. The second-order valence-electron chi connectivity index (χ2n) is 4.00. The van der Waals surface area contributed by atoms with Gasteiger partial charge in [-0.25, -0.2) is 4.39 Å². The minimum atomic E-state index is -0.523. The normalized spacial score (nSPS) is 12.0. The molecule has 9 heteroatoms. The number of rotatable bonds is 5. The zero-order valence-electron chi connectivity index (χ0n) is 11.2. The maximum absolute atomic E-state index is 13.0. The van der Waals surface area contributed by atoms with Crippen LogP contribution in [0.4, 0.5) is 15.2 Å². The monoisotopic (exact) mass is 346 g/mol. The van der Waals surface area contributed by atoms with Gasteiger partial charge in [-0.2, -0.15) is 0 Å². The van der Waals surface area contributed by atoms with Gasteiger partial charge in [0.15, 0.2) is 4.34 Å². The molecule has 1 aromatic heterocycles. The van der Waals surface area contributed by atoms with Gasteiger partial charge >= 0.3 is 0 Å². The van der Waals surface area contributed by atoms with Gasteiger partial charge in [-0.1, -0.05) is 34.7 Å². The van der Waals surface area contributed by atoms with E-state index in [2.05, 4.69) is 20.8 Å². The zero-order chi connectivity index (χ0) is 15.4. The third-order valence-corrected chi connectivity index (χ3v) is 4.87. The van der Waals surface area contributed by atoms with Crippen LogP contribution in [0.2, 0.25) is 5.02 Å². The van der Waals surface area contributed by atoms with Crippen LogP contribution in [-0.4, -0.2) is 28.4 Å². The van der Waals surface area contributed by atoms with Crippen molar-refractivity contribution in [1.82, 2.24) is 10.2 Å². The van der Waals surface area contributed by atoms with Crippen molar-refractivity contribution in [3.8, 4) is 0 Å². The molecule has 0 aliphatic carbocycles. The molecule has 0 aliphatic heterocycles. The SMILES string of the molecule is CNc1nnc(S[C@H](C)C(=O)Nc2ccc(F)c(Cl)c2)s1. The highest BCUT2D eigenvalue weighted by atomic mass is 35.5. The number of nitrogens with one attached hydrogen (secondary N) is 2. The lowest BCUT2D eigenvalue weighted by Gasteiger charge is -2.10. The molecule has 1 heterocycles. The maximum atomic E-state index is 13.0. The van der Waals surface area contributed by atoms with Gasteiger partial charge in [0.25, 0.3) is 0 Å². The standard InChI is InChI=1S/C12H12ClFN4OS2/c1-6(20-12-18-17-11(15-2)21-12)10(19)16-7-3-4-9(14)8(13)5-7/h3-6H,1-2H3,(H,15,17)(H,16,19)/t6-/m1/s1. The maximum Gasteiger partial charge on any atom is 0.237 e. The van der Waals surface area contributed by atoms with E-state index in [0.717, 1.165) is 0 Å². The molecule has 0 unspecified atom stereocenters. The summed E-state index contributed by atoms with van der Waals surface area (Å²) in [5, 5.41) is 13.7. The molecule has 0 saturated carbocycles. The first-order valence-electron chi connectivity index (χ1n) is 5.93. The number of benzene rings is 1. The Morgan fingerprint density at radius 1 is 1.48 bits per heavy atom. The predicted molar refractivity (Wildman–Crippen MR) is 84.8 cm³/mol. The Morgan fingerprint density at radius 2 is 2.24 bits per heavy atom. The Balaban J connectivity index is 1.97. The first kappa shape index (κ1) is 16.0. The number of amides is 1. The van der Waals surface area contributed by atoms with Crippen LogP contribution in [0.1, 0.15) is 6.92 Å². The van der Waals surface area contributed by atoms with Crippen molar-refractivity contribution in [3.63, 3.8) is 0 Å². The van der Waals surface area contributed by atoms with Crippen LogP contribution in [-0.2, 0) is 4.79 Å². The van der Waals surface area contributed by atoms with Crippen LogP contribution in [0.3, 0.4) is 0 Å². The molecule has 5 nitrogen and oxygen atoms in total. The van der Waals surface area contributed by atoms with E-state index >= 15 is 0 Å². The molecule has 0 spiro atoms. The van der Waals surface area contributed by atoms with Crippen molar-refractivity contribution in [3.05, 3.63) is 29.0 Å². The van der Waals surface area contributed by atoms with E-state index in [-0.39, 0.29) is 16.2 Å². The summed E-state index contributed by atoms with van der Waals surface area (Å²) in [4.78, 5) is 12.1. The molecule has 2 aromatic rings. The molecule has 2 rings (SSSR count).